The molecule has 0 amide bonds. The van der Waals surface area contributed by atoms with E-state index in [0.717, 1.165) is 0 Å². The second kappa shape index (κ2) is 4.33. The zero-order chi connectivity index (χ0) is 5.70. The standard InChI is InChI=1S/C3H8ClNO2/c4-1-3(6)2-7-5/h3,6H,1-2,5H2. The van der Waals surface area contributed by atoms with Gasteiger partial charge in [-0.1, -0.05) is 0 Å². The van der Waals surface area contributed by atoms with Crippen molar-refractivity contribution in [1.29, 1.82) is 0 Å². The third-order valence-corrected chi connectivity index (χ3v) is 0.823. The first-order valence-electron chi connectivity index (χ1n) is 1.87. The van der Waals surface area contributed by atoms with E-state index < -0.39 is 6.10 Å². The maximum Gasteiger partial charge on any atom is 0.0950 e. The Labute approximate surface area is 47.0 Å². The number of halogens is 1. The Morgan fingerprint density at radius 1 is 1.86 bits per heavy atom. The van der Waals surface area contributed by atoms with Crippen molar-refractivity contribution in [3.63, 3.8) is 0 Å². The molecule has 0 aliphatic heterocycles. The molecule has 0 bridgehead atoms. The maximum absolute atomic E-state index is 8.52. The lowest BCUT2D eigenvalue weighted by Crippen LogP contribution is -2.18. The van der Waals surface area contributed by atoms with Crippen LogP contribution >= 0.6 is 11.6 Å². The van der Waals surface area contributed by atoms with Crippen molar-refractivity contribution in [2.24, 2.45) is 5.90 Å². The third-order valence-electron chi connectivity index (χ3n) is 0.467. The van der Waals surface area contributed by atoms with Gasteiger partial charge in [0.1, 0.15) is 0 Å². The Hall–Kier alpha value is 0.170. The van der Waals surface area contributed by atoms with Crippen molar-refractivity contribution in [2.75, 3.05) is 12.5 Å². The Morgan fingerprint density at radius 2 is 2.43 bits per heavy atom. The summed E-state index contributed by atoms with van der Waals surface area (Å²) in [5.41, 5.74) is 0. The van der Waals surface area contributed by atoms with E-state index in [-0.39, 0.29) is 12.5 Å². The molecule has 0 fully saturated rings. The van der Waals surface area contributed by atoms with Crippen LogP contribution in [0.3, 0.4) is 0 Å². The fourth-order valence-electron chi connectivity index (χ4n) is 0.156. The van der Waals surface area contributed by atoms with Crippen LogP contribution in [0.15, 0.2) is 0 Å². The normalized spacial score (nSPS) is 14.1. The molecule has 0 aromatic carbocycles. The van der Waals surface area contributed by atoms with E-state index in [2.05, 4.69) is 10.7 Å². The molecule has 0 aromatic rings. The first-order chi connectivity index (χ1) is 3.31. The maximum atomic E-state index is 8.52. The van der Waals surface area contributed by atoms with E-state index in [1.54, 1.807) is 0 Å². The molecule has 7 heavy (non-hydrogen) atoms. The lowest BCUT2D eigenvalue weighted by atomic mass is 10.4. The minimum absolute atomic E-state index is 0.101. The molecule has 0 rings (SSSR count). The third kappa shape index (κ3) is 4.01. The minimum atomic E-state index is -0.633. The van der Waals surface area contributed by atoms with E-state index in [9.17, 15) is 0 Å². The van der Waals surface area contributed by atoms with Gasteiger partial charge in [0.15, 0.2) is 0 Å². The number of aliphatic hydroxyl groups is 1. The number of hydrogen-bond donors (Lipinski definition) is 2. The monoisotopic (exact) mass is 125 g/mol. The van der Waals surface area contributed by atoms with Gasteiger partial charge in [0.2, 0.25) is 0 Å². The molecule has 44 valence electrons. The second-order valence-corrected chi connectivity index (χ2v) is 1.45. The van der Waals surface area contributed by atoms with Gasteiger partial charge in [-0.15, -0.1) is 11.6 Å². The van der Waals surface area contributed by atoms with Gasteiger partial charge in [0.05, 0.1) is 18.6 Å². The van der Waals surface area contributed by atoms with Gasteiger partial charge < -0.3 is 9.94 Å². The van der Waals surface area contributed by atoms with E-state index in [0.29, 0.717) is 0 Å². The van der Waals surface area contributed by atoms with Crippen LogP contribution in [0.25, 0.3) is 0 Å². The van der Waals surface area contributed by atoms with Crippen LogP contribution in [-0.2, 0) is 4.84 Å². The zero-order valence-corrected chi connectivity index (χ0v) is 4.56. The topological polar surface area (TPSA) is 55.5 Å². The Bertz CT molecular complexity index is 43.9. The molecule has 1 unspecified atom stereocenters. The smallest absolute Gasteiger partial charge is 0.0950 e. The van der Waals surface area contributed by atoms with Crippen LogP contribution in [0.5, 0.6) is 0 Å². The molecule has 0 spiro atoms. The van der Waals surface area contributed by atoms with Gasteiger partial charge in [0, 0.05) is 0 Å². The predicted octanol–water partition coefficient (Wildman–Crippen LogP) is -0.524. The summed E-state index contributed by atoms with van der Waals surface area (Å²) in [6.45, 7) is 0.101. The molecule has 3 nitrogen and oxygen atoms in total. The molecule has 0 aromatic heterocycles. The molecule has 0 radical (unpaired) electrons. The van der Waals surface area contributed by atoms with Crippen molar-refractivity contribution < 1.29 is 9.94 Å². The van der Waals surface area contributed by atoms with Gasteiger partial charge >= 0.3 is 0 Å². The number of nitrogens with two attached hydrogens (primary N) is 1. The van der Waals surface area contributed by atoms with Crippen LogP contribution in [0.1, 0.15) is 0 Å². The zero-order valence-electron chi connectivity index (χ0n) is 3.80. The lowest BCUT2D eigenvalue weighted by Gasteiger charge is -2.00. The van der Waals surface area contributed by atoms with Gasteiger partial charge in [0.25, 0.3) is 0 Å². The summed E-state index contributed by atoms with van der Waals surface area (Å²) < 4.78 is 0. The number of rotatable bonds is 3. The Morgan fingerprint density at radius 3 is 2.57 bits per heavy atom. The summed E-state index contributed by atoms with van der Waals surface area (Å²) in [5, 5.41) is 8.52. The van der Waals surface area contributed by atoms with E-state index in [1.807, 2.05) is 0 Å². The molecule has 0 aliphatic rings. The molecule has 0 aliphatic carbocycles. The SMILES string of the molecule is NOCC(O)CCl. The summed E-state index contributed by atoms with van der Waals surface area (Å²) in [4.78, 5) is 4.06. The summed E-state index contributed by atoms with van der Waals surface area (Å²) in [6, 6.07) is 0. The van der Waals surface area contributed by atoms with Crippen LogP contribution in [0.4, 0.5) is 0 Å². The predicted molar refractivity (Wildman–Crippen MR) is 26.9 cm³/mol. The van der Waals surface area contributed by atoms with E-state index >= 15 is 0 Å². The first-order valence-corrected chi connectivity index (χ1v) is 2.40. The van der Waals surface area contributed by atoms with Crippen molar-refractivity contribution >= 4 is 11.6 Å². The summed E-state index contributed by atoms with van der Waals surface area (Å²) in [5.74, 6) is 4.75. The number of alkyl halides is 1. The summed E-state index contributed by atoms with van der Waals surface area (Å²) >= 11 is 5.15. The van der Waals surface area contributed by atoms with Crippen molar-refractivity contribution in [2.45, 2.75) is 6.10 Å². The van der Waals surface area contributed by atoms with E-state index in [4.69, 9.17) is 16.7 Å². The highest BCUT2D eigenvalue weighted by molar-refractivity contribution is 6.18. The fraction of sp³-hybridized carbons (Fsp3) is 1.00. The molecule has 3 N–H and O–H groups in total. The van der Waals surface area contributed by atoms with Gasteiger partial charge in [-0.3, -0.25) is 0 Å². The molecule has 0 heterocycles. The fourth-order valence-corrected chi connectivity index (χ4v) is 0.245. The molecular formula is C3H8ClNO2. The van der Waals surface area contributed by atoms with Gasteiger partial charge in [-0.2, -0.15) is 0 Å². The van der Waals surface area contributed by atoms with Crippen molar-refractivity contribution in [3.05, 3.63) is 0 Å². The number of hydrogen-bond acceptors (Lipinski definition) is 3. The highest BCUT2D eigenvalue weighted by atomic mass is 35.5. The van der Waals surface area contributed by atoms with Crippen LogP contribution in [0.2, 0.25) is 0 Å². The molecule has 1 atom stereocenters. The summed E-state index contributed by atoms with van der Waals surface area (Å²) in [7, 11) is 0. The summed E-state index contributed by atoms with van der Waals surface area (Å²) in [6.07, 6.45) is -0.633. The average Bonchev–Trinajstić information content (AvgIpc) is 1.68. The molecule has 4 heteroatoms. The van der Waals surface area contributed by atoms with Crippen LogP contribution in [-0.4, -0.2) is 23.7 Å². The molecular weight excluding hydrogens is 117 g/mol. The highest BCUT2D eigenvalue weighted by Crippen LogP contribution is 1.84. The van der Waals surface area contributed by atoms with Gasteiger partial charge in [-0.05, 0) is 0 Å². The van der Waals surface area contributed by atoms with Crippen LogP contribution in [0, 0.1) is 0 Å². The highest BCUT2D eigenvalue weighted by Gasteiger charge is 1.97. The van der Waals surface area contributed by atoms with Gasteiger partial charge in [-0.25, -0.2) is 5.90 Å². The van der Waals surface area contributed by atoms with Crippen molar-refractivity contribution in [3.8, 4) is 0 Å². The Balaban J connectivity index is 2.83. The average molecular weight is 126 g/mol. The molecule has 0 saturated heterocycles. The first kappa shape index (κ1) is 7.17. The minimum Gasteiger partial charge on any atom is -0.389 e. The largest absolute Gasteiger partial charge is 0.389 e. The van der Waals surface area contributed by atoms with Crippen molar-refractivity contribution in [1.82, 2.24) is 0 Å². The quantitative estimate of drug-likeness (QED) is 0.394. The number of aliphatic hydroxyl groups excluding tert-OH is 1. The lowest BCUT2D eigenvalue weighted by molar-refractivity contribution is 0.0480. The van der Waals surface area contributed by atoms with Crippen LogP contribution < -0.4 is 5.90 Å². The second-order valence-electron chi connectivity index (χ2n) is 1.14. The van der Waals surface area contributed by atoms with E-state index in [1.165, 1.54) is 0 Å². The molecule has 0 saturated carbocycles. The Kier molecular flexibility index (Phi) is 4.44.